The molecule has 1 fully saturated rings. The van der Waals surface area contributed by atoms with Gasteiger partial charge in [0, 0.05) is 11.6 Å². The molecule has 0 saturated heterocycles. The number of amides is 1. The predicted molar refractivity (Wildman–Crippen MR) is 92.6 cm³/mol. The standard InChI is InChI=1S/C17H22N4OS/c1-12-6-5-7-13(10-12)16-19-20-17(23)21(16)11-15(22)18-14-8-3-2-4-9-14/h5-7,10,14H,2-4,8-9,11H2,1H3,(H,18,22)(H,20,23). The number of hydrogen-bond donors (Lipinski definition) is 2. The Balaban J connectivity index is 1.76. The lowest BCUT2D eigenvalue weighted by molar-refractivity contribution is -0.122. The summed E-state index contributed by atoms with van der Waals surface area (Å²) in [5, 5.41) is 10.2. The number of nitrogens with zero attached hydrogens (tertiary/aromatic N) is 2. The van der Waals surface area contributed by atoms with Crippen LogP contribution in [0.25, 0.3) is 11.4 Å². The van der Waals surface area contributed by atoms with Gasteiger partial charge in [0.2, 0.25) is 5.91 Å². The van der Waals surface area contributed by atoms with Crippen LogP contribution in [0.5, 0.6) is 0 Å². The molecule has 0 radical (unpaired) electrons. The number of nitrogens with one attached hydrogen (secondary N) is 2. The minimum atomic E-state index is 0.00306. The van der Waals surface area contributed by atoms with Crippen molar-refractivity contribution in [3.05, 3.63) is 34.6 Å². The second-order valence-electron chi connectivity index (χ2n) is 6.21. The van der Waals surface area contributed by atoms with Crippen LogP contribution in [0.4, 0.5) is 0 Å². The first-order chi connectivity index (χ1) is 11.1. The zero-order valence-electron chi connectivity index (χ0n) is 13.3. The van der Waals surface area contributed by atoms with Gasteiger partial charge < -0.3 is 5.32 Å². The fourth-order valence-corrected chi connectivity index (χ4v) is 3.33. The first-order valence-corrected chi connectivity index (χ1v) is 8.56. The van der Waals surface area contributed by atoms with Gasteiger partial charge in [-0.1, -0.05) is 43.0 Å². The van der Waals surface area contributed by atoms with E-state index in [4.69, 9.17) is 12.2 Å². The molecule has 1 aromatic heterocycles. The molecule has 0 aliphatic heterocycles. The smallest absolute Gasteiger partial charge is 0.240 e. The molecule has 0 bridgehead atoms. The van der Waals surface area contributed by atoms with Crippen LogP contribution in [0.2, 0.25) is 0 Å². The minimum absolute atomic E-state index is 0.00306. The third-order valence-corrected chi connectivity index (χ3v) is 4.62. The molecule has 0 spiro atoms. The molecule has 122 valence electrons. The van der Waals surface area contributed by atoms with Crippen molar-refractivity contribution < 1.29 is 4.79 Å². The normalized spacial score (nSPS) is 15.5. The summed E-state index contributed by atoms with van der Waals surface area (Å²) in [5.41, 5.74) is 2.11. The molecule has 1 aromatic carbocycles. The Labute approximate surface area is 141 Å². The number of carbonyl (C=O) groups excluding carboxylic acids is 1. The lowest BCUT2D eigenvalue weighted by atomic mass is 9.95. The second-order valence-corrected chi connectivity index (χ2v) is 6.60. The fraction of sp³-hybridized carbons (Fsp3) is 0.471. The highest BCUT2D eigenvalue weighted by Crippen LogP contribution is 2.19. The molecule has 1 amide bonds. The molecule has 1 aliphatic carbocycles. The third kappa shape index (κ3) is 3.88. The summed E-state index contributed by atoms with van der Waals surface area (Å²) in [6, 6.07) is 8.34. The monoisotopic (exact) mass is 330 g/mol. The maximum absolute atomic E-state index is 12.4. The first-order valence-electron chi connectivity index (χ1n) is 8.15. The average molecular weight is 330 g/mol. The summed E-state index contributed by atoms with van der Waals surface area (Å²) in [4.78, 5) is 12.4. The second kappa shape index (κ2) is 7.08. The first kappa shape index (κ1) is 15.9. The van der Waals surface area contributed by atoms with Gasteiger partial charge in [-0.05, 0) is 38.0 Å². The summed E-state index contributed by atoms with van der Waals surface area (Å²) in [7, 11) is 0. The van der Waals surface area contributed by atoms with E-state index in [1.54, 1.807) is 4.57 Å². The van der Waals surface area contributed by atoms with Gasteiger partial charge in [0.05, 0.1) is 0 Å². The van der Waals surface area contributed by atoms with E-state index in [0.717, 1.165) is 24.0 Å². The molecular weight excluding hydrogens is 308 g/mol. The minimum Gasteiger partial charge on any atom is -0.352 e. The van der Waals surface area contributed by atoms with Crippen LogP contribution in [0, 0.1) is 11.7 Å². The zero-order valence-corrected chi connectivity index (χ0v) is 14.2. The molecule has 0 unspecified atom stereocenters. The number of aromatic amines is 1. The van der Waals surface area contributed by atoms with Gasteiger partial charge in [-0.25, -0.2) is 0 Å². The van der Waals surface area contributed by atoms with E-state index < -0.39 is 0 Å². The van der Waals surface area contributed by atoms with Crippen molar-refractivity contribution >= 4 is 18.1 Å². The molecule has 0 atom stereocenters. The SMILES string of the molecule is Cc1cccc(-c2n[nH]c(=S)n2CC(=O)NC2CCCCC2)c1. The van der Waals surface area contributed by atoms with Crippen molar-refractivity contribution in [2.24, 2.45) is 0 Å². The van der Waals surface area contributed by atoms with Crippen molar-refractivity contribution in [3.63, 3.8) is 0 Å². The molecule has 1 aliphatic rings. The molecule has 6 heteroatoms. The van der Waals surface area contributed by atoms with Crippen LogP contribution >= 0.6 is 12.2 Å². The molecule has 23 heavy (non-hydrogen) atoms. The molecule has 1 heterocycles. The van der Waals surface area contributed by atoms with E-state index in [1.807, 2.05) is 31.2 Å². The maximum atomic E-state index is 12.4. The van der Waals surface area contributed by atoms with Crippen molar-refractivity contribution in [1.29, 1.82) is 0 Å². The quantitative estimate of drug-likeness (QED) is 0.845. The van der Waals surface area contributed by atoms with E-state index in [9.17, 15) is 4.79 Å². The van der Waals surface area contributed by atoms with Crippen LogP contribution in [0.3, 0.4) is 0 Å². The fourth-order valence-electron chi connectivity index (χ4n) is 3.13. The summed E-state index contributed by atoms with van der Waals surface area (Å²) in [6.45, 7) is 2.24. The number of aromatic nitrogens is 3. The lowest BCUT2D eigenvalue weighted by Gasteiger charge is -2.22. The van der Waals surface area contributed by atoms with Crippen LogP contribution in [-0.4, -0.2) is 26.7 Å². The summed E-state index contributed by atoms with van der Waals surface area (Å²) in [5.74, 6) is 0.709. The van der Waals surface area contributed by atoms with Gasteiger partial charge in [-0.2, -0.15) is 5.10 Å². The van der Waals surface area contributed by atoms with Gasteiger partial charge in [0.1, 0.15) is 6.54 Å². The van der Waals surface area contributed by atoms with Gasteiger partial charge in [0.25, 0.3) is 0 Å². The van der Waals surface area contributed by atoms with Crippen molar-refractivity contribution in [1.82, 2.24) is 20.1 Å². The van der Waals surface area contributed by atoms with Crippen molar-refractivity contribution in [2.45, 2.75) is 51.6 Å². The Morgan fingerprint density at radius 1 is 1.39 bits per heavy atom. The average Bonchev–Trinajstić information content (AvgIpc) is 2.89. The van der Waals surface area contributed by atoms with Gasteiger partial charge in [0.15, 0.2) is 10.6 Å². The van der Waals surface area contributed by atoms with E-state index in [0.29, 0.717) is 16.6 Å². The van der Waals surface area contributed by atoms with Crippen LogP contribution in [0.1, 0.15) is 37.7 Å². The van der Waals surface area contributed by atoms with Crippen molar-refractivity contribution in [2.75, 3.05) is 0 Å². The highest BCUT2D eigenvalue weighted by molar-refractivity contribution is 7.71. The van der Waals surface area contributed by atoms with Gasteiger partial charge >= 0.3 is 0 Å². The summed E-state index contributed by atoms with van der Waals surface area (Å²) in [6.07, 6.45) is 5.83. The van der Waals surface area contributed by atoms with E-state index >= 15 is 0 Å². The molecule has 5 nitrogen and oxygen atoms in total. The van der Waals surface area contributed by atoms with Crippen molar-refractivity contribution in [3.8, 4) is 11.4 Å². The Hall–Kier alpha value is -1.95. The molecule has 2 aromatic rings. The topological polar surface area (TPSA) is 62.7 Å². The number of carbonyl (C=O) groups is 1. The number of hydrogen-bond acceptors (Lipinski definition) is 3. The molecular formula is C17H22N4OS. The van der Waals surface area contributed by atoms with Crippen LogP contribution in [0.15, 0.2) is 24.3 Å². The van der Waals surface area contributed by atoms with E-state index in [2.05, 4.69) is 15.5 Å². The Kier molecular flexibility index (Phi) is 4.91. The van der Waals surface area contributed by atoms with Crippen LogP contribution in [-0.2, 0) is 11.3 Å². The lowest BCUT2D eigenvalue weighted by Crippen LogP contribution is -2.38. The zero-order chi connectivity index (χ0) is 16.2. The van der Waals surface area contributed by atoms with Crippen LogP contribution < -0.4 is 5.32 Å². The Bertz CT molecular complexity index is 743. The highest BCUT2D eigenvalue weighted by atomic mass is 32.1. The Morgan fingerprint density at radius 3 is 2.91 bits per heavy atom. The summed E-state index contributed by atoms with van der Waals surface area (Å²) >= 11 is 5.29. The predicted octanol–water partition coefficient (Wildman–Crippen LogP) is 3.37. The number of aryl methyl sites for hydroxylation is 1. The summed E-state index contributed by atoms with van der Waals surface area (Å²) < 4.78 is 2.24. The van der Waals surface area contributed by atoms with E-state index in [-0.39, 0.29) is 12.5 Å². The molecule has 2 N–H and O–H groups in total. The number of benzene rings is 1. The molecule has 3 rings (SSSR count). The number of rotatable bonds is 4. The van der Waals surface area contributed by atoms with Gasteiger partial charge in [-0.3, -0.25) is 14.5 Å². The largest absolute Gasteiger partial charge is 0.352 e. The van der Waals surface area contributed by atoms with Gasteiger partial charge in [-0.15, -0.1) is 0 Å². The highest BCUT2D eigenvalue weighted by Gasteiger charge is 2.17. The Morgan fingerprint density at radius 2 is 2.17 bits per heavy atom. The maximum Gasteiger partial charge on any atom is 0.240 e. The number of H-pyrrole nitrogens is 1. The molecule has 1 saturated carbocycles. The third-order valence-electron chi connectivity index (χ3n) is 4.31. The van der Waals surface area contributed by atoms with E-state index in [1.165, 1.54) is 19.3 Å².